The fraction of sp³-hybridized carbons (Fsp3) is 0.333. The highest BCUT2D eigenvalue weighted by molar-refractivity contribution is 6.31. The van der Waals surface area contributed by atoms with E-state index in [-0.39, 0.29) is 11.8 Å². The first-order valence-corrected chi connectivity index (χ1v) is 6.96. The minimum atomic E-state index is -0.935. The van der Waals surface area contributed by atoms with E-state index in [1.165, 1.54) is 6.07 Å². The lowest BCUT2D eigenvalue weighted by Gasteiger charge is -2.16. The van der Waals surface area contributed by atoms with Gasteiger partial charge in [0.25, 0.3) is 0 Å². The van der Waals surface area contributed by atoms with Crippen molar-refractivity contribution in [1.29, 1.82) is 0 Å². The van der Waals surface area contributed by atoms with Crippen LogP contribution in [0.4, 0.5) is 0 Å². The lowest BCUT2D eigenvalue weighted by Crippen LogP contribution is -2.18. The number of pyridine rings is 1. The Bertz CT molecular complexity index is 747. The van der Waals surface area contributed by atoms with Gasteiger partial charge in [0, 0.05) is 28.7 Å². The minimum Gasteiger partial charge on any atom is -0.481 e. The Morgan fingerprint density at radius 3 is 2.75 bits per heavy atom. The Morgan fingerprint density at radius 1 is 1.35 bits per heavy atom. The predicted molar refractivity (Wildman–Crippen MR) is 77.3 cm³/mol. The number of rotatable bonds is 4. The highest BCUT2D eigenvalue weighted by Crippen LogP contribution is 2.32. The molecule has 0 amide bonds. The molecule has 1 fully saturated rings. The summed E-state index contributed by atoms with van der Waals surface area (Å²) in [7, 11) is 0. The maximum absolute atomic E-state index is 12.1. The third kappa shape index (κ3) is 2.56. The summed E-state index contributed by atoms with van der Waals surface area (Å²) in [6.07, 6.45) is 2.16. The Hall–Kier alpha value is -1.81. The number of hydrogen-bond donors (Lipinski definition) is 1. The fourth-order valence-corrected chi connectivity index (χ4v) is 2.64. The van der Waals surface area contributed by atoms with Gasteiger partial charge in [-0.1, -0.05) is 11.6 Å². The van der Waals surface area contributed by atoms with E-state index in [2.05, 4.69) is 0 Å². The molecule has 5 heteroatoms. The molecule has 0 aliphatic heterocycles. The van der Waals surface area contributed by atoms with E-state index in [1.807, 2.05) is 4.57 Å². The molecule has 0 bridgehead atoms. The molecule has 0 unspecified atom stereocenters. The van der Waals surface area contributed by atoms with E-state index in [4.69, 9.17) is 16.7 Å². The van der Waals surface area contributed by atoms with Crippen molar-refractivity contribution in [3.05, 3.63) is 45.2 Å². The monoisotopic (exact) mass is 291 g/mol. The first-order chi connectivity index (χ1) is 9.54. The lowest BCUT2D eigenvalue weighted by molar-refractivity contribution is -0.136. The SMILES string of the molecule is O=C(O)Cc1cc(=O)c2ccc(Cl)cc2n1CC1CC1. The van der Waals surface area contributed by atoms with E-state index in [0.29, 0.717) is 22.0 Å². The van der Waals surface area contributed by atoms with Crippen LogP contribution < -0.4 is 5.43 Å². The average Bonchev–Trinajstić information content (AvgIpc) is 3.17. The van der Waals surface area contributed by atoms with Gasteiger partial charge in [0.15, 0.2) is 5.43 Å². The molecule has 1 aromatic carbocycles. The smallest absolute Gasteiger partial charge is 0.309 e. The van der Waals surface area contributed by atoms with Crippen molar-refractivity contribution >= 4 is 28.5 Å². The van der Waals surface area contributed by atoms with Crippen LogP contribution in [0.5, 0.6) is 0 Å². The summed E-state index contributed by atoms with van der Waals surface area (Å²) in [5, 5.41) is 10.2. The standard InChI is InChI=1S/C15H14ClNO3/c16-10-3-4-12-13(5-10)17(8-9-1-2-9)11(6-14(12)18)7-15(19)20/h3-6,9H,1-2,7-8H2,(H,19,20). The Labute approximate surface area is 120 Å². The summed E-state index contributed by atoms with van der Waals surface area (Å²) in [4.78, 5) is 23.1. The van der Waals surface area contributed by atoms with Gasteiger partial charge in [-0.25, -0.2) is 0 Å². The third-order valence-electron chi connectivity index (χ3n) is 3.63. The van der Waals surface area contributed by atoms with Crippen LogP contribution >= 0.6 is 11.6 Å². The summed E-state index contributed by atoms with van der Waals surface area (Å²) >= 11 is 6.02. The van der Waals surface area contributed by atoms with Crippen LogP contribution in [0.15, 0.2) is 29.1 Å². The zero-order valence-corrected chi connectivity index (χ0v) is 11.6. The molecule has 1 aliphatic carbocycles. The Morgan fingerprint density at radius 2 is 2.10 bits per heavy atom. The lowest BCUT2D eigenvalue weighted by atomic mass is 10.1. The van der Waals surface area contributed by atoms with Gasteiger partial charge < -0.3 is 9.67 Å². The van der Waals surface area contributed by atoms with Crippen LogP contribution in [0.1, 0.15) is 18.5 Å². The molecule has 0 saturated heterocycles. The van der Waals surface area contributed by atoms with Gasteiger partial charge in [0.2, 0.25) is 0 Å². The molecule has 1 aromatic heterocycles. The highest BCUT2D eigenvalue weighted by atomic mass is 35.5. The number of carbonyl (C=O) groups is 1. The second kappa shape index (κ2) is 4.94. The molecule has 0 radical (unpaired) electrons. The molecule has 104 valence electrons. The van der Waals surface area contributed by atoms with E-state index in [0.717, 1.165) is 24.9 Å². The molecule has 20 heavy (non-hydrogen) atoms. The number of carboxylic acid groups (broad SMARTS) is 1. The van der Waals surface area contributed by atoms with Gasteiger partial charge in [-0.05, 0) is 37.0 Å². The van der Waals surface area contributed by atoms with Gasteiger partial charge in [0.05, 0.1) is 11.9 Å². The van der Waals surface area contributed by atoms with Crippen LogP contribution in [0, 0.1) is 5.92 Å². The van der Waals surface area contributed by atoms with Crippen molar-refractivity contribution in [2.45, 2.75) is 25.8 Å². The van der Waals surface area contributed by atoms with Gasteiger partial charge in [-0.3, -0.25) is 9.59 Å². The number of aliphatic carboxylic acids is 1. The zero-order chi connectivity index (χ0) is 14.3. The normalized spacial score (nSPS) is 14.7. The molecule has 0 spiro atoms. The fourth-order valence-electron chi connectivity index (χ4n) is 2.47. The number of hydrogen-bond acceptors (Lipinski definition) is 2. The summed E-state index contributed by atoms with van der Waals surface area (Å²) in [6, 6.07) is 6.57. The quantitative estimate of drug-likeness (QED) is 0.942. The van der Waals surface area contributed by atoms with Gasteiger partial charge >= 0.3 is 5.97 Å². The van der Waals surface area contributed by atoms with Crippen LogP contribution in [0.25, 0.3) is 10.9 Å². The number of nitrogens with zero attached hydrogens (tertiary/aromatic N) is 1. The summed E-state index contributed by atoms with van der Waals surface area (Å²) in [5.41, 5.74) is 1.12. The molecule has 4 nitrogen and oxygen atoms in total. The number of halogens is 1. The van der Waals surface area contributed by atoms with E-state index < -0.39 is 5.97 Å². The maximum atomic E-state index is 12.1. The molecule has 1 N–H and O–H groups in total. The Balaban J connectivity index is 2.24. The van der Waals surface area contributed by atoms with Crippen molar-refractivity contribution in [1.82, 2.24) is 4.57 Å². The zero-order valence-electron chi connectivity index (χ0n) is 10.8. The van der Waals surface area contributed by atoms with Crippen molar-refractivity contribution < 1.29 is 9.90 Å². The van der Waals surface area contributed by atoms with Crippen LogP contribution in [0.3, 0.4) is 0 Å². The number of aromatic nitrogens is 1. The molecule has 0 atom stereocenters. The Kier molecular flexibility index (Phi) is 3.26. The summed E-state index contributed by atoms with van der Waals surface area (Å²) in [6.45, 7) is 0.750. The van der Waals surface area contributed by atoms with Gasteiger partial charge in [-0.2, -0.15) is 0 Å². The van der Waals surface area contributed by atoms with E-state index >= 15 is 0 Å². The van der Waals surface area contributed by atoms with Crippen LogP contribution in [-0.2, 0) is 17.8 Å². The third-order valence-corrected chi connectivity index (χ3v) is 3.87. The molecule has 1 aliphatic rings. The number of carboxylic acids is 1. The molecule has 3 rings (SSSR count). The van der Waals surface area contributed by atoms with E-state index in [9.17, 15) is 9.59 Å². The topological polar surface area (TPSA) is 59.3 Å². The molecule has 1 heterocycles. The molecular weight excluding hydrogens is 278 g/mol. The van der Waals surface area contributed by atoms with E-state index in [1.54, 1.807) is 18.2 Å². The first-order valence-electron chi connectivity index (χ1n) is 6.58. The molecule has 1 saturated carbocycles. The summed E-state index contributed by atoms with van der Waals surface area (Å²) in [5.74, 6) is -0.359. The highest BCUT2D eigenvalue weighted by Gasteiger charge is 2.24. The molecular formula is C15H14ClNO3. The van der Waals surface area contributed by atoms with Crippen LogP contribution in [0.2, 0.25) is 5.02 Å². The second-order valence-corrected chi connectivity index (χ2v) is 5.72. The first kappa shape index (κ1) is 13.2. The maximum Gasteiger partial charge on any atom is 0.309 e. The predicted octanol–water partition coefficient (Wildman–Crippen LogP) is 2.69. The molecule has 2 aromatic rings. The summed E-state index contributed by atoms with van der Waals surface area (Å²) < 4.78 is 1.94. The average molecular weight is 292 g/mol. The largest absolute Gasteiger partial charge is 0.481 e. The number of fused-ring (bicyclic) bond motifs is 1. The van der Waals surface area contributed by atoms with Crippen molar-refractivity contribution in [3.8, 4) is 0 Å². The number of benzene rings is 1. The second-order valence-electron chi connectivity index (χ2n) is 5.29. The van der Waals surface area contributed by atoms with Gasteiger partial charge in [0.1, 0.15) is 0 Å². The van der Waals surface area contributed by atoms with Gasteiger partial charge in [-0.15, -0.1) is 0 Å². The van der Waals surface area contributed by atoms with Crippen molar-refractivity contribution in [2.24, 2.45) is 5.92 Å². The van der Waals surface area contributed by atoms with Crippen molar-refractivity contribution in [2.75, 3.05) is 0 Å². The van der Waals surface area contributed by atoms with Crippen molar-refractivity contribution in [3.63, 3.8) is 0 Å². The minimum absolute atomic E-state index is 0.148. The van der Waals surface area contributed by atoms with Crippen LogP contribution in [-0.4, -0.2) is 15.6 Å².